The Balaban J connectivity index is 1.98. The molecule has 106 valence electrons. The van der Waals surface area contributed by atoms with E-state index >= 15 is 0 Å². The number of nitrogen functional groups attached to an aromatic ring is 1. The predicted octanol–water partition coefficient (Wildman–Crippen LogP) is 0.997. The Morgan fingerprint density at radius 3 is 2.70 bits per heavy atom. The van der Waals surface area contributed by atoms with E-state index in [2.05, 4.69) is 0 Å². The summed E-state index contributed by atoms with van der Waals surface area (Å²) < 4.78 is 10.6. The van der Waals surface area contributed by atoms with E-state index in [-0.39, 0.29) is 19.0 Å². The number of furan rings is 1. The van der Waals surface area contributed by atoms with Crippen molar-refractivity contribution in [1.29, 1.82) is 0 Å². The number of amides is 1. The van der Waals surface area contributed by atoms with Gasteiger partial charge in [0.2, 0.25) is 0 Å². The van der Waals surface area contributed by atoms with Gasteiger partial charge in [0.15, 0.2) is 5.76 Å². The molecule has 0 saturated heterocycles. The zero-order valence-electron chi connectivity index (χ0n) is 10.8. The summed E-state index contributed by atoms with van der Waals surface area (Å²) in [5.74, 6) is 5.39. The lowest BCUT2D eigenvalue weighted by molar-refractivity contribution is 0.0922. The van der Waals surface area contributed by atoms with Crippen LogP contribution in [0.5, 0.6) is 5.75 Å². The number of carbonyl (C=O) groups is 1. The average molecular weight is 276 g/mol. The molecule has 0 saturated carbocycles. The SMILES string of the molecule is NNC(=O)c1occc1COc1ccc(CCO)cc1. The van der Waals surface area contributed by atoms with Crippen LogP contribution in [0.3, 0.4) is 0 Å². The summed E-state index contributed by atoms with van der Waals surface area (Å²) in [5.41, 5.74) is 3.67. The minimum absolute atomic E-state index is 0.118. The highest BCUT2D eigenvalue weighted by molar-refractivity contribution is 5.92. The molecule has 6 nitrogen and oxygen atoms in total. The minimum atomic E-state index is -0.494. The fourth-order valence-corrected chi connectivity index (χ4v) is 1.76. The summed E-state index contributed by atoms with van der Waals surface area (Å²) in [6.07, 6.45) is 2.02. The lowest BCUT2D eigenvalue weighted by Gasteiger charge is -2.07. The van der Waals surface area contributed by atoms with Gasteiger partial charge >= 0.3 is 5.91 Å². The summed E-state index contributed by atoms with van der Waals surface area (Å²) >= 11 is 0. The smallest absolute Gasteiger partial charge is 0.301 e. The molecule has 0 unspecified atom stereocenters. The monoisotopic (exact) mass is 276 g/mol. The van der Waals surface area contributed by atoms with Crippen molar-refractivity contribution in [3.05, 3.63) is 53.5 Å². The van der Waals surface area contributed by atoms with Crippen LogP contribution in [0.4, 0.5) is 0 Å². The van der Waals surface area contributed by atoms with Gasteiger partial charge < -0.3 is 14.3 Å². The van der Waals surface area contributed by atoms with Crippen molar-refractivity contribution >= 4 is 5.91 Å². The van der Waals surface area contributed by atoms with Crippen LogP contribution >= 0.6 is 0 Å². The number of nitrogens with two attached hydrogens (primary N) is 1. The Morgan fingerprint density at radius 2 is 2.05 bits per heavy atom. The topological polar surface area (TPSA) is 97.7 Å². The van der Waals surface area contributed by atoms with Crippen molar-refractivity contribution in [2.45, 2.75) is 13.0 Å². The first-order valence-corrected chi connectivity index (χ1v) is 6.14. The predicted molar refractivity (Wildman–Crippen MR) is 71.9 cm³/mol. The van der Waals surface area contributed by atoms with Crippen molar-refractivity contribution in [3.8, 4) is 5.75 Å². The van der Waals surface area contributed by atoms with E-state index in [1.807, 2.05) is 29.7 Å². The van der Waals surface area contributed by atoms with Crippen LogP contribution in [0.15, 0.2) is 41.0 Å². The molecule has 6 heteroatoms. The molecule has 0 bridgehead atoms. The zero-order chi connectivity index (χ0) is 14.4. The van der Waals surface area contributed by atoms with Crippen LogP contribution in [0.25, 0.3) is 0 Å². The number of hydrogen-bond donors (Lipinski definition) is 3. The quantitative estimate of drug-likeness (QED) is 0.415. The summed E-state index contributed by atoms with van der Waals surface area (Å²) in [6, 6.07) is 9.05. The molecular formula is C14H16N2O4. The molecular weight excluding hydrogens is 260 g/mol. The molecule has 2 rings (SSSR count). The van der Waals surface area contributed by atoms with Crippen LogP contribution in [0, 0.1) is 0 Å². The van der Waals surface area contributed by atoms with Crippen LogP contribution in [0.1, 0.15) is 21.7 Å². The highest BCUT2D eigenvalue weighted by atomic mass is 16.5. The molecule has 1 amide bonds. The maximum atomic E-state index is 11.4. The number of nitrogens with one attached hydrogen (secondary N) is 1. The van der Waals surface area contributed by atoms with Crippen LogP contribution in [-0.2, 0) is 13.0 Å². The molecule has 4 N–H and O–H groups in total. The van der Waals surface area contributed by atoms with Crippen LogP contribution in [0.2, 0.25) is 0 Å². The van der Waals surface area contributed by atoms with Gasteiger partial charge in [0.1, 0.15) is 12.4 Å². The van der Waals surface area contributed by atoms with E-state index in [0.29, 0.717) is 17.7 Å². The van der Waals surface area contributed by atoms with Crippen molar-refractivity contribution < 1.29 is 19.1 Å². The van der Waals surface area contributed by atoms with E-state index in [1.54, 1.807) is 6.07 Å². The van der Waals surface area contributed by atoms with Gasteiger partial charge in [-0.1, -0.05) is 12.1 Å². The van der Waals surface area contributed by atoms with Crippen molar-refractivity contribution in [3.63, 3.8) is 0 Å². The molecule has 0 radical (unpaired) electrons. The van der Waals surface area contributed by atoms with Crippen molar-refractivity contribution in [2.75, 3.05) is 6.61 Å². The third kappa shape index (κ3) is 3.37. The second-order valence-electron chi connectivity index (χ2n) is 4.15. The van der Waals surface area contributed by atoms with Crippen LogP contribution < -0.4 is 16.0 Å². The maximum Gasteiger partial charge on any atom is 0.301 e. The largest absolute Gasteiger partial charge is 0.489 e. The van der Waals surface area contributed by atoms with Gasteiger partial charge in [0.25, 0.3) is 0 Å². The van der Waals surface area contributed by atoms with Gasteiger partial charge in [-0.3, -0.25) is 10.2 Å². The third-order valence-electron chi connectivity index (χ3n) is 2.80. The summed E-state index contributed by atoms with van der Waals surface area (Å²) in [5, 5.41) is 8.83. The number of carbonyl (C=O) groups excluding carboxylic acids is 1. The van der Waals surface area contributed by atoms with Gasteiger partial charge in [0.05, 0.1) is 6.26 Å². The minimum Gasteiger partial charge on any atom is -0.489 e. The lowest BCUT2D eigenvalue weighted by atomic mass is 10.1. The van der Waals surface area contributed by atoms with E-state index in [0.717, 1.165) is 5.56 Å². The molecule has 1 aromatic heterocycles. The molecule has 0 aliphatic rings. The van der Waals surface area contributed by atoms with E-state index in [9.17, 15) is 4.79 Å². The molecule has 0 atom stereocenters. The van der Waals surface area contributed by atoms with Gasteiger partial charge in [-0.05, 0) is 30.2 Å². The number of aliphatic hydroxyl groups is 1. The number of aliphatic hydroxyl groups excluding tert-OH is 1. The van der Waals surface area contributed by atoms with E-state index < -0.39 is 5.91 Å². The fourth-order valence-electron chi connectivity index (χ4n) is 1.76. The first kappa shape index (κ1) is 14.1. The second-order valence-corrected chi connectivity index (χ2v) is 4.15. The number of hydrazine groups is 1. The Labute approximate surface area is 116 Å². The highest BCUT2D eigenvalue weighted by Crippen LogP contribution is 2.17. The molecule has 1 aromatic carbocycles. The van der Waals surface area contributed by atoms with Gasteiger partial charge in [-0.15, -0.1) is 0 Å². The normalized spacial score (nSPS) is 10.3. The van der Waals surface area contributed by atoms with Crippen LogP contribution in [-0.4, -0.2) is 17.6 Å². The zero-order valence-corrected chi connectivity index (χ0v) is 10.8. The first-order chi connectivity index (χ1) is 9.74. The molecule has 20 heavy (non-hydrogen) atoms. The standard InChI is InChI=1S/C14H16N2O4/c15-16-14(18)13-11(6-8-19-13)9-20-12-3-1-10(2-4-12)5-7-17/h1-4,6,8,17H,5,7,9,15H2,(H,16,18). The summed E-state index contributed by atoms with van der Waals surface area (Å²) in [7, 11) is 0. The fraction of sp³-hybridized carbons (Fsp3) is 0.214. The third-order valence-corrected chi connectivity index (χ3v) is 2.80. The van der Waals surface area contributed by atoms with E-state index in [4.69, 9.17) is 20.1 Å². The molecule has 0 fully saturated rings. The highest BCUT2D eigenvalue weighted by Gasteiger charge is 2.14. The first-order valence-electron chi connectivity index (χ1n) is 6.14. The van der Waals surface area contributed by atoms with Crippen molar-refractivity contribution in [2.24, 2.45) is 5.84 Å². The Hall–Kier alpha value is -2.31. The number of benzene rings is 1. The summed E-state index contributed by atoms with van der Waals surface area (Å²) in [4.78, 5) is 11.4. The van der Waals surface area contributed by atoms with Gasteiger partial charge in [-0.25, -0.2) is 5.84 Å². The molecule has 0 aliphatic carbocycles. The Bertz CT molecular complexity index is 563. The number of ether oxygens (including phenoxy) is 1. The second kappa shape index (κ2) is 6.74. The Morgan fingerprint density at radius 1 is 1.30 bits per heavy atom. The van der Waals surface area contributed by atoms with E-state index in [1.165, 1.54) is 6.26 Å². The average Bonchev–Trinajstić information content (AvgIpc) is 2.94. The lowest BCUT2D eigenvalue weighted by Crippen LogP contribution is -2.30. The van der Waals surface area contributed by atoms with Gasteiger partial charge in [0, 0.05) is 12.2 Å². The summed E-state index contributed by atoms with van der Waals surface area (Å²) in [6.45, 7) is 0.325. The molecule has 0 spiro atoms. The molecule has 2 aromatic rings. The maximum absolute atomic E-state index is 11.4. The van der Waals surface area contributed by atoms with Crippen molar-refractivity contribution in [1.82, 2.24) is 5.43 Å². The van der Waals surface area contributed by atoms with Gasteiger partial charge in [-0.2, -0.15) is 0 Å². The molecule has 1 heterocycles. The Kier molecular flexibility index (Phi) is 4.75. The number of rotatable bonds is 6. The molecule has 0 aliphatic heterocycles. The number of hydrogen-bond acceptors (Lipinski definition) is 5.